The predicted molar refractivity (Wildman–Crippen MR) is 84.0 cm³/mol. The zero-order chi connectivity index (χ0) is 14.8. The van der Waals surface area contributed by atoms with Crippen molar-refractivity contribution in [2.24, 2.45) is 5.41 Å². The molecule has 1 unspecified atom stereocenters. The van der Waals surface area contributed by atoms with E-state index < -0.39 is 0 Å². The van der Waals surface area contributed by atoms with E-state index in [4.69, 9.17) is 0 Å². The Morgan fingerprint density at radius 3 is 2.40 bits per heavy atom. The van der Waals surface area contributed by atoms with Crippen LogP contribution in [0.15, 0.2) is 24.3 Å². The Morgan fingerprint density at radius 2 is 1.95 bits per heavy atom. The van der Waals surface area contributed by atoms with Crippen molar-refractivity contribution < 1.29 is 4.79 Å². The maximum atomic E-state index is 12.5. The van der Waals surface area contributed by atoms with E-state index in [0.717, 1.165) is 31.6 Å². The maximum absolute atomic E-state index is 12.5. The normalized spacial score (nSPS) is 22.8. The minimum Gasteiger partial charge on any atom is -0.326 e. The van der Waals surface area contributed by atoms with Crippen molar-refractivity contribution in [2.45, 2.75) is 46.0 Å². The van der Waals surface area contributed by atoms with Gasteiger partial charge in [0.15, 0.2) is 0 Å². The van der Waals surface area contributed by atoms with Crippen molar-refractivity contribution in [1.29, 1.82) is 0 Å². The van der Waals surface area contributed by atoms with Gasteiger partial charge in [0.25, 0.3) is 0 Å². The van der Waals surface area contributed by atoms with Gasteiger partial charge < -0.3 is 10.6 Å². The second-order valence-corrected chi connectivity index (χ2v) is 6.84. The summed E-state index contributed by atoms with van der Waals surface area (Å²) in [6.45, 7) is 10.4. The molecule has 3 nitrogen and oxygen atoms in total. The fraction of sp³-hybridized carbons (Fsp3) is 0.588. The summed E-state index contributed by atoms with van der Waals surface area (Å²) >= 11 is 0. The third-order valence-electron chi connectivity index (χ3n) is 4.41. The number of hydrogen-bond donors (Lipinski definition) is 2. The molecule has 1 aromatic carbocycles. The van der Waals surface area contributed by atoms with Crippen molar-refractivity contribution in [3.05, 3.63) is 29.8 Å². The SMILES string of the molecule is CCC1(C(=O)Nc2ccc(C(C)(C)C)cc2)CCNC1. The summed E-state index contributed by atoms with van der Waals surface area (Å²) in [7, 11) is 0. The summed E-state index contributed by atoms with van der Waals surface area (Å²) in [5.41, 5.74) is 2.08. The van der Waals surface area contributed by atoms with E-state index in [1.807, 2.05) is 12.1 Å². The first-order valence-electron chi connectivity index (χ1n) is 7.50. The highest BCUT2D eigenvalue weighted by molar-refractivity contribution is 5.95. The summed E-state index contributed by atoms with van der Waals surface area (Å²) in [4.78, 5) is 12.5. The molecule has 0 radical (unpaired) electrons. The smallest absolute Gasteiger partial charge is 0.231 e. The first-order valence-corrected chi connectivity index (χ1v) is 7.50. The van der Waals surface area contributed by atoms with Crippen LogP contribution in [0, 0.1) is 5.41 Å². The summed E-state index contributed by atoms with van der Waals surface area (Å²) in [5, 5.41) is 6.37. The number of amides is 1. The van der Waals surface area contributed by atoms with Gasteiger partial charge in [-0.05, 0) is 42.5 Å². The molecule has 1 fully saturated rings. The van der Waals surface area contributed by atoms with Crippen LogP contribution in [0.2, 0.25) is 0 Å². The fourth-order valence-corrected chi connectivity index (χ4v) is 2.72. The van der Waals surface area contributed by atoms with Gasteiger partial charge in [0.05, 0.1) is 5.41 Å². The quantitative estimate of drug-likeness (QED) is 0.888. The molecular weight excluding hydrogens is 248 g/mol. The second-order valence-electron chi connectivity index (χ2n) is 6.84. The molecule has 1 aliphatic rings. The number of carbonyl (C=O) groups excluding carboxylic acids is 1. The van der Waals surface area contributed by atoms with Gasteiger partial charge in [-0.25, -0.2) is 0 Å². The van der Waals surface area contributed by atoms with E-state index in [2.05, 4.69) is 50.5 Å². The van der Waals surface area contributed by atoms with Crippen LogP contribution in [0.1, 0.15) is 46.1 Å². The van der Waals surface area contributed by atoms with Gasteiger partial charge in [-0.15, -0.1) is 0 Å². The van der Waals surface area contributed by atoms with Gasteiger partial charge >= 0.3 is 0 Å². The molecule has 2 N–H and O–H groups in total. The van der Waals surface area contributed by atoms with Crippen LogP contribution in [0.4, 0.5) is 5.69 Å². The average molecular weight is 274 g/mol. The highest BCUT2D eigenvalue weighted by Gasteiger charge is 2.39. The van der Waals surface area contributed by atoms with Crippen LogP contribution >= 0.6 is 0 Å². The Labute approximate surface area is 122 Å². The molecule has 1 atom stereocenters. The largest absolute Gasteiger partial charge is 0.326 e. The lowest BCUT2D eigenvalue weighted by molar-refractivity contribution is -0.124. The van der Waals surface area contributed by atoms with Gasteiger partial charge in [0.1, 0.15) is 0 Å². The van der Waals surface area contributed by atoms with Crippen molar-refractivity contribution >= 4 is 11.6 Å². The molecular formula is C17H26N2O. The molecule has 1 aliphatic heterocycles. The first-order chi connectivity index (χ1) is 9.37. The number of rotatable bonds is 3. The lowest BCUT2D eigenvalue weighted by Crippen LogP contribution is -2.37. The van der Waals surface area contributed by atoms with E-state index in [1.54, 1.807) is 0 Å². The number of benzene rings is 1. The molecule has 20 heavy (non-hydrogen) atoms. The van der Waals surface area contributed by atoms with Crippen LogP contribution in [-0.4, -0.2) is 19.0 Å². The number of anilines is 1. The first kappa shape index (κ1) is 15.0. The third kappa shape index (κ3) is 3.04. The zero-order valence-corrected chi connectivity index (χ0v) is 13.0. The molecule has 1 saturated heterocycles. The molecule has 0 spiro atoms. The highest BCUT2D eigenvalue weighted by atomic mass is 16.2. The molecule has 1 aromatic rings. The van der Waals surface area contributed by atoms with Crippen LogP contribution in [0.5, 0.6) is 0 Å². The van der Waals surface area contributed by atoms with Crippen LogP contribution < -0.4 is 10.6 Å². The third-order valence-corrected chi connectivity index (χ3v) is 4.41. The van der Waals surface area contributed by atoms with Crippen molar-refractivity contribution in [3.63, 3.8) is 0 Å². The van der Waals surface area contributed by atoms with E-state index in [1.165, 1.54) is 5.56 Å². The van der Waals surface area contributed by atoms with Gasteiger partial charge in [-0.1, -0.05) is 39.8 Å². The zero-order valence-electron chi connectivity index (χ0n) is 13.0. The Morgan fingerprint density at radius 1 is 1.30 bits per heavy atom. The van der Waals surface area contributed by atoms with E-state index in [9.17, 15) is 4.79 Å². The maximum Gasteiger partial charge on any atom is 0.231 e. The molecule has 0 saturated carbocycles. The Kier molecular flexibility index (Phi) is 4.19. The summed E-state index contributed by atoms with van der Waals surface area (Å²) in [6.07, 6.45) is 1.81. The molecule has 0 aromatic heterocycles. The predicted octanol–water partition coefficient (Wildman–Crippen LogP) is 3.31. The van der Waals surface area contributed by atoms with E-state index in [-0.39, 0.29) is 16.7 Å². The van der Waals surface area contributed by atoms with Crippen molar-refractivity contribution in [2.75, 3.05) is 18.4 Å². The summed E-state index contributed by atoms with van der Waals surface area (Å²) in [6, 6.07) is 8.21. The molecule has 3 heteroatoms. The summed E-state index contributed by atoms with van der Waals surface area (Å²) in [5.74, 6) is 0.147. The average Bonchev–Trinajstić information content (AvgIpc) is 2.88. The summed E-state index contributed by atoms with van der Waals surface area (Å²) < 4.78 is 0. The van der Waals surface area contributed by atoms with Crippen LogP contribution in [-0.2, 0) is 10.2 Å². The standard InChI is InChI=1S/C17H26N2O/c1-5-17(10-11-18-12-17)15(20)19-14-8-6-13(7-9-14)16(2,3)4/h6-9,18H,5,10-12H2,1-4H3,(H,19,20). The Bertz CT molecular complexity index is 465. The Hall–Kier alpha value is -1.35. The van der Waals surface area contributed by atoms with E-state index >= 15 is 0 Å². The number of nitrogens with one attached hydrogen (secondary N) is 2. The van der Waals surface area contributed by atoms with Crippen molar-refractivity contribution in [1.82, 2.24) is 5.32 Å². The van der Waals surface area contributed by atoms with Crippen molar-refractivity contribution in [3.8, 4) is 0 Å². The van der Waals surface area contributed by atoms with Crippen LogP contribution in [0.3, 0.4) is 0 Å². The van der Waals surface area contributed by atoms with Gasteiger partial charge in [-0.3, -0.25) is 4.79 Å². The molecule has 1 amide bonds. The number of carbonyl (C=O) groups is 1. The lowest BCUT2D eigenvalue weighted by atomic mass is 9.83. The van der Waals surface area contributed by atoms with Gasteiger partial charge in [0.2, 0.25) is 5.91 Å². The number of hydrogen-bond acceptors (Lipinski definition) is 2. The minimum atomic E-state index is -0.233. The molecule has 1 heterocycles. The van der Waals surface area contributed by atoms with Gasteiger partial charge in [-0.2, -0.15) is 0 Å². The second kappa shape index (κ2) is 5.57. The minimum absolute atomic E-state index is 0.141. The van der Waals surface area contributed by atoms with Gasteiger partial charge in [0, 0.05) is 12.2 Å². The lowest BCUT2D eigenvalue weighted by Gasteiger charge is -2.25. The topological polar surface area (TPSA) is 41.1 Å². The molecule has 0 bridgehead atoms. The molecule has 2 rings (SSSR count). The Balaban J connectivity index is 2.08. The molecule has 110 valence electrons. The van der Waals surface area contributed by atoms with Crippen LogP contribution in [0.25, 0.3) is 0 Å². The van der Waals surface area contributed by atoms with E-state index in [0.29, 0.717) is 0 Å². The monoisotopic (exact) mass is 274 g/mol. The molecule has 0 aliphatic carbocycles. The highest BCUT2D eigenvalue weighted by Crippen LogP contribution is 2.31. The fourth-order valence-electron chi connectivity index (χ4n) is 2.72.